The highest BCUT2D eigenvalue weighted by atomic mass is 16.3. The highest BCUT2D eigenvalue weighted by Crippen LogP contribution is 2.29. The summed E-state index contributed by atoms with van der Waals surface area (Å²) >= 11 is 0. The molecule has 2 aliphatic carbocycles. The first-order valence-corrected chi connectivity index (χ1v) is 7.27. The second-order valence-corrected chi connectivity index (χ2v) is 5.94. The Labute approximate surface area is 109 Å². The molecule has 3 N–H and O–H groups in total. The number of aliphatic hydroxyl groups is 2. The van der Waals surface area contributed by atoms with Crippen molar-refractivity contribution in [3.05, 3.63) is 0 Å². The first-order valence-electron chi connectivity index (χ1n) is 7.27. The Morgan fingerprint density at radius 3 is 2.56 bits per heavy atom. The highest BCUT2D eigenvalue weighted by molar-refractivity contribution is 5.76. The molecule has 3 atom stereocenters. The van der Waals surface area contributed by atoms with Crippen LogP contribution in [0.3, 0.4) is 0 Å². The summed E-state index contributed by atoms with van der Waals surface area (Å²) in [6.45, 7) is 0.00953. The van der Waals surface area contributed by atoms with Gasteiger partial charge in [-0.15, -0.1) is 0 Å². The third-order valence-electron chi connectivity index (χ3n) is 4.51. The smallest absolute Gasteiger partial charge is 0.220 e. The first kappa shape index (κ1) is 13.8. The lowest BCUT2D eigenvalue weighted by molar-refractivity contribution is -0.122. The van der Waals surface area contributed by atoms with Gasteiger partial charge in [0.25, 0.3) is 0 Å². The van der Waals surface area contributed by atoms with Gasteiger partial charge in [-0.05, 0) is 25.2 Å². The van der Waals surface area contributed by atoms with Crippen LogP contribution in [-0.4, -0.2) is 34.9 Å². The predicted molar refractivity (Wildman–Crippen MR) is 68.9 cm³/mol. The lowest BCUT2D eigenvalue weighted by atomic mass is 10.0. The number of aliphatic hydroxyl groups excluding tert-OH is 2. The standard InChI is InChI=1S/C14H25NO3/c16-9-11-7-12(8-13(11)17)15-14(18)6-5-10-3-1-2-4-10/h10-13,16-17H,1-9H2,(H,15,18)/t11-,12+,13+/m1/s1. The quantitative estimate of drug-likeness (QED) is 0.691. The number of carbonyl (C=O) groups excluding carboxylic acids is 1. The Hall–Kier alpha value is -0.610. The van der Waals surface area contributed by atoms with Crippen LogP contribution >= 0.6 is 0 Å². The summed E-state index contributed by atoms with van der Waals surface area (Å²) in [7, 11) is 0. The van der Waals surface area contributed by atoms with E-state index in [1.54, 1.807) is 0 Å². The lowest BCUT2D eigenvalue weighted by Gasteiger charge is -2.13. The van der Waals surface area contributed by atoms with Crippen molar-refractivity contribution in [2.24, 2.45) is 11.8 Å². The number of hydrogen-bond donors (Lipinski definition) is 3. The number of rotatable bonds is 5. The average molecular weight is 255 g/mol. The number of amides is 1. The van der Waals surface area contributed by atoms with Crippen molar-refractivity contribution >= 4 is 5.91 Å². The molecule has 4 heteroatoms. The van der Waals surface area contributed by atoms with E-state index >= 15 is 0 Å². The molecule has 2 rings (SSSR count). The van der Waals surface area contributed by atoms with Crippen LogP contribution in [0.25, 0.3) is 0 Å². The van der Waals surface area contributed by atoms with E-state index in [1.807, 2.05) is 0 Å². The normalized spacial score (nSPS) is 32.9. The van der Waals surface area contributed by atoms with Gasteiger partial charge in [0.05, 0.1) is 6.10 Å². The summed E-state index contributed by atoms with van der Waals surface area (Å²) in [4.78, 5) is 11.8. The maximum atomic E-state index is 11.8. The minimum absolute atomic E-state index is 0.00953. The van der Waals surface area contributed by atoms with Crippen LogP contribution in [-0.2, 0) is 4.79 Å². The van der Waals surface area contributed by atoms with Crippen LogP contribution in [0.4, 0.5) is 0 Å². The predicted octanol–water partition coefficient (Wildman–Crippen LogP) is 1.20. The molecule has 0 aromatic carbocycles. The molecule has 104 valence electrons. The number of nitrogens with one attached hydrogen (secondary N) is 1. The average Bonchev–Trinajstić information content (AvgIpc) is 2.96. The van der Waals surface area contributed by atoms with E-state index in [4.69, 9.17) is 5.11 Å². The van der Waals surface area contributed by atoms with Gasteiger partial charge in [-0.3, -0.25) is 4.79 Å². The Morgan fingerprint density at radius 2 is 1.94 bits per heavy atom. The van der Waals surface area contributed by atoms with Gasteiger partial charge in [-0.2, -0.15) is 0 Å². The summed E-state index contributed by atoms with van der Waals surface area (Å²) in [6, 6.07) is 0.0493. The van der Waals surface area contributed by atoms with E-state index in [9.17, 15) is 9.90 Å². The van der Waals surface area contributed by atoms with Crippen LogP contribution in [0, 0.1) is 11.8 Å². The third-order valence-corrected chi connectivity index (χ3v) is 4.51. The molecule has 0 saturated heterocycles. The second-order valence-electron chi connectivity index (χ2n) is 5.94. The van der Waals surface area contributed by atoms with Gasteiger partial charge in [0.15, 0.2) is 0 Å². The Kier molecular flexibility index (Phi) is 5.01. The molecule has 2 saturated carbocycles. The Morgan fingerprint density at radius 1 is 1.22 bits per heavy atom. The van der Waals surface area contributed by atoms with E-state index in [1.165, 1.54) is 25.7 Å². The Balaban J connectivity index is 1.65. The fourth-order valence-electron chi connectivity index (χ4n) is 3.35. The molecule has 0 spiro atoms. The molecule has 4 nitrogen and oxygen atoms in total. The van der Waals surface area contributed by atoms with Crippen molar-refractivity contribution in [3.8, 4) is 0 Å². The van der Waals surface area contributed by atoms with Gasteiger partial charge in [-0.1, -0.05) is 25.7 Å². The van der Waals surface area contributed by atoms with Gasteiger partial charge in [-0.25, -0.2) is 0 Å². The molecule has 1 amide bonds. The molecule has 0 aromatic rings. The zero-order valence-corrected chi connectivity index (χ0v) is 11.0. The zero-order chi connectivity index (χ0) is 13.0. The van der Waals surface area contributed by atoms with E-state index in [2.05, 4.69) is 5.32 Å². The van der Waals surface area contributed by atoms with Gasteiger partial charge in [0, 0.05) is 25.0 Å². The molecule has 0 radical (unpaired) electrons. The molecule has 0 bridgehead atoms. The van der Waals surface area contributed by atoms with Crippen LogP contribution in [0.1, 0.15) is 51.4 Å². The van der Waals surface area contributed by atoms with Crippen LogP contribution in [0.2, 0.25) is 0 Å². The number of hydrogen-bond acceptors (Lipinski definition) is 3. The van der Waals surface area contributed by atoms with Gasteiger partial charge in [0.1, 0.15) is 0 Å². The van der Waals surface area contributed by atoms with E-state index < -0.39 is 6.10 Å². The molecule has 2 aliphatic rings. The highest BCUT2D eigenvalue weighted by Gasteiger charge is 2.33. The molecule has 0 aliphatic heterocycles. The van der Waals surface area contributed by atoms with Crippen LogP contribution in [0.5, 0.6) is 0 Å². The van der Waals surface area contributed by atoms with Crippen LogP contribution in [0.15, 0.2) is 0 Å². The number of carbonyl (C=O) groups is 1. The molecular formula is C14H25NO3. The molecule has 18 heavy (non-hydrogen) atoms. The summed E-state index contributed by atoms with van der Waals surface area (Å²) in [6.07, 6.45) is 7.64. The molecule has 0 heterocycles. The lowest BCUT2D eigenvalue weighted by Crippen LogP contribution is -2.33. The monoisotopic (exact) mass is 255 g/mol. The fourth-order valence-corrected chi connectivity index (χ4v) is 3.35. The third kappa shape index (κ3) is 3.69. The topological polar surface area (TPSA) is 69.6 Å². The van der Waals surface area contributed by atoms with Crippen molar-refractivity contribution in [1.82, 2.24) is 5.32 Å². The Bertz CT molecular complexity index is 276. The molecule has 0 aromatic heterocycles. The van der Waals surface area contributed by atoms with Crippen molar-refractivity contribution in [3.63, 3.8) is 0 Å². The molecule has 0 unspecified atom stereocenters. The summed E-state index contributed by atoms with van der Waals surface area (Å²) in [5.41, 5.74) is 0. The largest absolute Gasteiger partial charge is 0.396 e. The van der Waals surface area contributed by atoms with Crippen molar-refractivity contribution in [1.29, 1.82) is 0 Å². The van der Waals surface area contributed by atoms with Gasteiger partial charge < -0.3 is 15.5 Å². The fraction of sp³-hybridized carbons (Fsp3) is 0.929. The van der Waals surface area contributed by atoms with E-state index in [-0.39, 0.29) is 24.5 Å². The van der Waals surface area contributed by atoms with Gasteiger partial charge in [0.2, 0.25) is 5.91 Å². The summed E-state index contributed by atoms with van der Waals surface area (Å²) in [5.74, 6) is 0.790. The van der Waals surface area contributed by atoms with Crippen molar-refractivity contribution < 1.29 is 15.0 Å². The maximum absolute atomic E-state index is 11.8. The van der Waals surface area contributed by atoms with Crippen LogP contribution < -0.4 is 5.32 Å². The van der Waals surface area contributed by atoms with Crippen molar-refractivity contribution in [2.75, 3.05) is 6.61 Å². The second kappa shape index (κ2) is 6.53. The zero-order valence-electron chi connectivity index (χ0n) is 11.0. The minimum atomic E-state index is -0.463. The van der Waals surface area contributed by atoms with E-state index in [0.717, 1.165) is 12.3 Å². The molecular weight excluding hydrogens is 230 g/mol. The first-order chi connectivity index (χ1) is 8.69. The maximum Gasteiger partial charge on any atom is 0.220 e. The SMILES string of the molecule is O=C(CCC1CCCC1)N[C@H]1C[C@H](CO)[C@@H](O)C1. The molecule has 2 fully saturated rings. The summed E-state index contributed by atoms with van der Waals surface area (Å²) < 4.78 is 0. The van der Waals surface area contributed by atoms with Gasteiger partial charge >= 0.3 is 0 Å². The summed E-state index contributed by atoms with van der Waals surface area (Å²) in [5, 5.41) is 21.7. The van der Waals surface area contributed by atoms with E-state index in [0.29, 0.717) is 19.3 Å². The van der Waals surface area contributed by atoms with Crippen molar-refractivity contribution in [2.45, 2.75) is 63.5 Å². The minimum Gasteiger partial charge on any atom is -0.396 e.